The van der Waals surface area contributed by atoms with Gasteiger partial charge in [-0.3, -0.25) is 9.80 Å². The average molecular weight is 264 g/mol. The number of aliphatic hydroxyl groups is 1. The molecule has 4 heteroatoms. The van der Waals surface area contributed by atoms with Crippen LogP contribution in [0.15, 0.2) is 24.3 Å². The number of para-hydroxylation sites is 1. The number of nitrogens with zero attached hydrogens (tertiary/aromatic N) is 2. The van der Waals surface area contributed by atoms with E-state index in [1.54, 1.807) is 7.11 Å². The van der Waals surface area contributed by atoms with Crippen LogP contribution in [0.2, 0.25) is 0 Å². The van der Waals surface area contributed by atoms with Gasteiger partial charge < -0.3 is 9.84 Å². The van der Waals surface area contributed by atoms with Crippen LogP contribution in [0.3, 0.4) is 0 Å². The molecule has 106 valence electrons. The van der Waals surface area contributed by atoms with Crippen molar-refractivity contribution in [3.63, 3.8) is 0 Å². The van der Waals surface area contributed by atoms with Gasteiger partial charge >= 0.3 is 0 Å². The van der Waals surface area contributed by atoms with Crippen LogP contribution in [0.25, 0.3) is 0 Å². The molecule has 0 spiro atoms. The summed E-state index contributed by atoms with van der Waals surface area (Å²) < 4.78 is 5.41. The summed E-state index contributed by atoms with van der Waals surface area (Å²) in [4.78, 5) is 4.80. The highest BCUT2D eigenvalue weighted by Gasteiger charge is 2.15. The van der Waals surface area contributed by atoms with E-state index < -0.39 is 0 Å². The van der Waals surface area contributed by atoms with Crippen LogP contribution in [0, 0.1) is 0 Å². The standard InChI is InChI=1S/C15H24N2O2/c1-19-15-6-3-2-5-14(15)13-17-8-4-7-16(9-10-17)11-12-18/h2-3,5-6,18H,4,7-13H2,1H3. The summed E-state index contributed by atoms with van der Waals surface area (Å²) in [5.41, 5.74) is 1.25. The minimum atomic E-state index is 0.256. The summed E-state index contributed by atoms with van der Waals surface area (Å²) in [7, 11) is 1.73. The second-order valence-electron chi connectivity index (χ2n) is 5.01. The summed E-state index contributed by atoms with van der Waals surface area (Å²) in [5.74, 6) is 0.971. The van der Waals surface area contributed by atoms with Crippen molar-refractivity contribution in [2.45, 2.75) is 13.0 Å². The van der Waals surface area contributed by atoms with Gasteiger partial charge in [-0.1, -0.05) is 18.2 Å². The van der Waals surface area contributed by atoms with E-state index in [0.29, 0.717) is 0 Å². The summed E-state index contributed by atoms with van der Waals surface area (Å²) in [5, 5.41) is 9.01. The zero-order valence-electron chi connectivity index (χ0n) is 11.7. The molecule has 0 unspecified atom stereocenters. The van der Waals surface area contributed by atoms with Crippen molar-refractivity contribution in [2.24, 2.45) is 0 Å². The fourth-order valence-electron chi connectivity index (χ4n) is 2.62. The summed E-state index contributed by atoms with van der Waals surface area (Å²) in [6.45, 7) is 6.28. The molecule has 0 amide bonds. The van der Waals surface area contributed by atoms with Crippen LogP contribution >= 0.6 is 0 Å². The van der Waals surface area contributed by atoms with Gasteiger partial charge in [-0.25, -0.2) is 0 Å². The van der Waals surface area contributed by atoms with Gasteiger partial charge in [0.2, 0.25) is 0 Å². The normalized spacial score (nSPS) is 18.2. The van der Waals surface area contributed by atoms with Gasteiger partial charge in [0.25, 0.3) is 0 Å². The Morgan fingerprint density at radius 1 is 1.11 bits per heavy atom. The molecule has 0 radical (unpaired) electrons. The first kappa shape index (κ1) is 14.3. The largest absolute Gasteiger partial charge is 0.496 e. The molecule has 0 aliphatic carbocycles. The zero-order chi connectivity index (χ0) is 13.5. The molecule has 1 saturated heterocycles. The van der Waals surface area contributed by atoms with Gasteiger partial charge in [-0.2, -0.15) is 0 Å². The van der Waals surface area contributed by atoms with E-state index >= 15 is 0 Å². The number of benzene rings is 1. The Morgan fingerprint density at radius 2 is 1.84 bits per heavy atom. The molecule has 0 saturated carbocycles. The fourth-order valence-corrected chi connectivity index (χ4v) is 2.62. The molecule has 1 aromatic carbocycles. The fraction of sp³-hybridized carbons (Fsp3) is 0.600. The van der Waals surface area contributed by atoms with Crippen molar-refractivity contribution in [1.82, 2.24) is 9.80 Å². The monoisotopic (exact) mass is 264 g/mol. The maximum atomic E-state index is 9.01. The summed E-state index contributed by atoms with van der Waals surface area (Å²) in [6, 6.07) is 8.22. The van der Waals surface area contributed by atoms with Crippen LogP contribution < -0.4 is 4.74 Å². The van der Waals surface area contributed by atoms with Crippen molar-refractivity contribution < 1.29 is 9.84 Å². The lowest BCUT2D eigenvalue weighted by Gasteiger charge is -2.22. The summed E-state index contributed by atoms with van der Waals surface area (Å²) in [6.07, 6.45) is 1.16. The Kier molecular flexibility index (Phi) is 5.63. The molecule has 0 atom stereocenters. The molecule has 0 bridgehead atoms. The highest BCUT2D eigenvalue weighted by molar-refractivity contribution is 5.33. The van der Waals surface area contributed by atoms with Crippen molar-refractivity contribution in [2.75, 3.05) is 46.4 Å². The van der Waals surface area contributed by atoms with Gasteiger partial charge in [0, 0.05) is 31.7 Å². The van der Waals surface area contributed by atoms with Crippen LogP contribution in [0.4, 0.5) is 0 Å². The predicted octanol–water partition coefficient (Wildman–Crippen LogP) is 1.20. The van der Waals surface area contributed by atoms with Crippen LogP contribution in [-0.4, -0.2) is 61.3 Å². The van der Waals surface area contributed by atoms with Crippen LogP contribution in [0.1, 0.15) is 12.0 Å². The van der Waals surface area contributed by atoms with Crippen molar-refractivity contribution >= 4 is 0 Å². The third kappa shape index (κ3) is 4.20. The quantitative estimate of drug-likeness (QED) is 0.867. The van der Waals surface area contributed by atoms with E-state index in [2.05, 4.69) is 21.9 Å². The van der Waals surface area contributed by atoms with E-state index in [-0.39, 0.29) is 6.61 Å². The molecule has 1 fully saturated rings. The first-order valence-corrected chi connectivity index (χ1v) is 7.01. The van der Waals surface area contributed by atoms with Crippen molar-refractivity contribution in [3.8, 4) is 5.75 Å². The van der Waals surface area contributed by atoms with E-state index in [1.807, 2.05) is 12.1 Å². The van der Waals surface area contributed by atoms with E-state index in [1.165, 1.54) is 5.56 Å². The number of methoxy groups -OCH3 is 1. The molecule has 4 nitrogen and oxygen atoms in total. The lowest BCUT2D eigenvalue weighted by Crippen LogP contribution is -2.32. The molecule has 1 N–H and O–H groups in total. The first-order chi connectivity index (χ1) is 9.33. The second-order valence-corrected chi connectivity index (χ2v) is 5.01. The third-order valence-electron chi connectivity index (χ3n) is 3.68. The minimum Gasteiger partial charge on any atom is -0.496 e. The number of hydrogen-bond donors (Lipinski definition) is 1. The third-order valence-corrected chi connectivity index (χ3v) is 3.68. The molecule has 1 aliphatic heterocycles. The average Bonchev–Trinajstić information content (AvgIpc) is 2.66. The van der Waals surface area contributed by atoms with Crippen molar-refractivity contribution in [3.05, 3.63) is 29.8 Å². The molecular weight excluding hydrogens is 240 g/mol. The lowest BCUT2D eigenvalue weighted by molar-refractivity contribution is 0.195. The second kappa shape index (κ2) is 7.48. The lowest BCUT2D eigenvalue weighted by atomic mass is 10.2. The maximum Gasteiger partial charge on any atom is 0.123 e. The number of β-amino-alcohol motifs (C(OH)–C–C–N with tert-alkyl or cyclic N) is 1. The smallest absolute Gasteiger partial charge is 0.123 e. The number of aliphatic hydroxyl groups excluding tert-OH is 1. The van der Waals surface area contributed by atoms with Crippen LogP contribution in [0.5, 0.6) is 5.75 Å². The molecule has 0 aromatic heterocycles. The van der Waals surface area contributed by atoms with E-state index in [0.717, 1.165) is 51.4 Å². The Balaban J connectivity index is 1.92. The van der Waals surface area contributed by atoms with Crippen molar-refractivity contribution in [1.29, 1.82) is 0 Å². The minimum absolute atomic E-state index is 0.256. The van der Waals surface area contributed by atoms with Crippen LogP contribution in [-0.2, 0) is 6.54 Å². The van der Waals surface area contributed by atoms with E-state index in [9.17, 15) is 0 Å². The zero-order valence-corrected chi connectivity index (χ0v) is 11.7. The van der Waals surface area contributed by atoms with Gasteiger partial charge in [-0.15, -0.1) is 0 Å². The molecule has 19 heavy (non-hydrogen) atoms. The predicted molar refractivity (Wildman–Crippen MR) is 76.4 cm³/mol. The first-order valence-electron chi connectivity index (χ1n) is 7.01. The van der Waals surface area contributed by atoms with Gasteiger partial charge in [-0.05, 0) is 25.6 Å². The Hall–Kier alpha value is -1.10. The maximum absolute atomic E-state index is 9.01. The number of rotatable bonds is 5. The highest BCUT2D eigenvalue weighted by atomic mass is 16.5. The molecular formula is C15H24N2O2. The summed E-state index contributed by atoms with van der Waals surface area (Å²) >= 11 is 0. The highest BCUT2D eigenvalue weighted by Crippen LogP contribution is 2.19. The Morgan fingerprint density at radius 3 is 2.63 bits per heavy atom. The number of hydrogen-bond acceptors (Lipinski definition) is 4. The Labute approximate surface area is 115 Å². The topological polar surface area (TPSA) is 35.9 Å². The number of ether oxygens (including phenoxy) is 1. The molecule has 1 aliphatic rings. The van der Waals surface area contributed by atoms with Gasteiger partial charge in [0.1, 0.15) is 5.75 Å². The molecule has 2 rings (SSSR count). The van der Waals surface area contributed by atoms with Gasteiger partial charge in [0.05, 0.1) is 13.7 Å². The van der Waals surface area contributed by atoms with Gasteiger partial charge in [0.15, 0.2) is 0 Å². The molecule has 1 aromatic rings. The van der Waals surface area contributed by atoms with E-state index in [4.69, 9.17) is 9.84 Å². The SMILES string of the molecule is COc1ccccc1CN1CCCN(CCO)CC1. The Bertz CT molecular complexity index is 384. The molecule has 1 heterocycles.